The zero-order valence-electron chi connectivity index (χ0n) is 10.4. The highest BCUT2D eigenvalue weighted by molar-refractivity contribution is 5.70. The smallest absolute Gasteiger partial charge is 0.308 e. The lowest BCUT2D eigenvalue weighted by molar-refractivity contribution is -0.136. The van der Waals surface area contributed by atoms with Crippen LogP contribution < -0.4 is 5.56 Å². The molecule has 5 heteroatoms. The minimum Gasteiger partial charge on any atom is -0.481 e. The lowest BCUT2D eigenvalue weighted by Gasteiger charge is -2.10. The van der Waals surface area contributed by atoms with Crippen molar-refractivity contribution in [2.75, 3.05) is 0 Å². The zero-order valence-corrected chi connectivity index (χ0v) is 10.4. The van der Waals surface area contributed by atoms with Crippen molar-refractivity contribution in [3.05, 3.63) is 27.7 Å². The van der Waals surface area contributed by atoms with Crippen LogP contribution in [0.15, 0.2) is 10.9 Å². The van der Waals surface area contributed by atoms with E-state index in [-0.39, 0.29) is 17.9 Å². The highest BCUT2D eigenvalue weighted by atomic mass is 16.4. The Labute approximate surface area is 100 Å². The van der Waals surface area contributed by atoms with Crippen molar-refractivity contribution in [1.29, 1.82) is 0 Å². The Hall–Kier alpha value is -1.65. The van der Waals surface area contributed by atoms with E-state index in [9.17, 15) is 9.59 Å². The first kappa shape index (κ1) is 13.4. The van der Waals surface area contributed by atoms with Crippen molar-refractivity contribution in [2.24, 2.45) is 0 Å². The summed E-state index contributed by atoms with van der Waals surface area (Å²) in [4.78, 5) is 22.6. The van der Waals surface area contributed by atoms with E-state index in [1.165, 1.54) is 4.68 Å². The number of nitrogens with zero attached hydrogens (tertiary/aromatic N) is 2. The van der Waals surface area contributed by atoms with Crippen LogP contribution in [0, 0.1) is 0 Å². The van der Waals surface area contributed by atoms with Crippen LogP contribution in [-0.4, -0.2) is 20.9 Å². The van der Waals surface area contributed by atoms with Crippen LogP contribution in [0.5, 0.6) is 0 Å². The highest BCUT2D eigenvalue weighted by Gasteiger charge is 2.12. The van der Waals surface area contributed by atoms with Gasteiger partial charge in [0.2, 0.25) is 0 Å². The van der Waals surface area contributed by atoms with Crippen LogP contribution in [-0.2, 0) is 17.8 Å². The number of rotatable bonds is 5. The number of aryl methyl sites for hydroxylation is 1. The molecule has 0 amide bonds. The fourth-order valence-electron chi connectivity index (χ4n) is 1.55. The van der Waals surface area contributed by atoms with E-state index >= 15 is 0 Å². The third-order valence-corrected chi connectivity index (χ3v) is 2.44. The van der Waals surface area contributed by atoms with Crippen molar-refractivity contribution >= 4 is 5.97 Å². The Morgan fingerprint density at radius 3 is 2.65 bits per heavy atom. The van der Waals surface area contributed by atoms with E-state index in [0.29, 0.717) is 12.1 Å². The zero-order chi connectivity index (χ0) is 13.0. The standard InChI is InChI=1S/C12H18N2O3/c1-4-5-14-12(17)9(7-11(15)16)6-10(13-14)8(2)3/h6,8H,4-5,7H2,1-3H3,(H,15,16). The Balaban J connectivity index is 3.27. The third kappa shape index (κ3) is 3.41. The summed E-state index contributed by atoms with van der Waals surface area (Å²) < 4.78 is 1.37. The molecule has 1 N–H and O–H groups in total. The van der Waals surface area contributed by atoms with E-state index in [1.807, 2.05) is 20.8 Å². The fourth-order valence-corrected chi connectivity index (χ4v) is 1.55. The first-order chi connectivity index (χ1) is 7.95. The first-order valence-electron chi connectivity index (χ1n) is 5.78. The molecule has 0 radical (unpaired) electrons. The van der Waals surface area contributed by atoms with Crippen LogP contribution in [0.1, 0.15) is 44.4 Å². The lowest BCUT2D eigenvalue weighted by Crippen LogP contribution is -2.28. The average Bonchev–Trinajstić information content (AvgIpc) is 2.23. The Bertz CT molecular complexity index is 463. The van der Waals surface area contributed by atoms with E-state index in [4.69, 9.17) is 5.11 Å². The summed E-state index contributed by atoms with van der Waals surface area (Å²) in [6.45, 7) is 6.40. The van der Waals surface area contributed by atoms with Gasteiger partial charge in [-0.05, 0) is 18.4 Å². The maximum atomic E-state index is 11.9. The van der Waals surface area contributed by atoms with Crippen molar-refractivity contribution < 1.29 is 9.90 Å². The van der Waals surface area contributed by atoms with Gasteiger partial charge >= 0.3 is 5.97 Å². The molecule has 5 nitrogen and oxygen atoms in total. The second-order valence-corrected chi connectivity index (χ2v) is 4.35. The second-order valence-electron chi connectivity index (χ2n) is 4.35. The largest absolute Gasteiger partial charge is 0.481 e. The SMILES string of the molecule is CCCn1nc(C(C)C)cc(CC(=O)O)c1=O. The van der Waals surface area contributed by atoms with Crippen LogP contribution in [0.2, 0.25) is 0 Å². The molecule has 0 spiro atoms. The van der Waals surface area contributed by atoms with Gasteiger partial charge in [0.15, 0.2) is 0 Å². The summed E-state index contributed by atoms with van der Waals surface area (Å²) in [7, 11) is 0. The van der Waals surface area contributed by atoms with E-state index in [0.717, 1.165) is 12.1 Å². The Morgan fingerprint density at radius 1 is 1.53 bits per heavy atom. The number of carboxylic acids is 1. The second kappa shape index (κ2) is 5.61. The van der Waals surface area contributed by atoms with Gasteiger partial charge in [-0.15, -0.1) is 0 Å². The van der Waals surface area contributed by atoms with Crippen molar-refractivity contribution in [1.82, 2.24) is 9.78 Å². The third-order valence-electron chi connectivity index (χ3n) is 2.44. The van der Waals surface area contributed by atoms with Crippen molar-refractivity contribution in [2.45, 2.75) is 46.1 Å². The number of carbonyl (C=O) groups is 1. The molecule has 0 saturated heterocycles. The molecule has 17 heavy (non-hydrogen) atoms. The topological polar surface area (TPSA) is 72.2 Å². The molecule has 0 aliphatic rings. The molecule has 0 aromatic carbocycles. The first-order valence-corrected chi connectivity index (χ1v) is 5.78. The number of aromatic nitrogens is 2. The van der Waals surface area contributed by atoms with Gasteiger partial charge in [-0.25, -0.2) is 4.68 Å². The normalized spacial score (nSPS) is 10.8. The number of aliphatic carboxylic acids is 1. The van der Waals surface area contributed by atoms with Gasteiger partial charge < -0.3 is 5.11 Å². The van der Waals surface area contributed by atoms with Gasteiger partial charge in [-0.2, -0.15) is 5.10 Å². The van der Waals surface area contributed by atoms with Crippen LogP contribution >= 0.6 is 0 Å². The fraction of sp³-hybridized carbons (Fsp3) is 0.583. The van der Waals surface area contributed by atoms with Crippen molar-refractivity contribution in [3.8, 4) is 0 Å². The summed E-state index contributed by atoms with van der Waals surface area (Å²) in [5.41, 5.74) is 0.776. The maximum absolute atomic E-state index is 11.9. The van der Waals surface area contributed by atoms with Crippen LogP contribution in [0.3, 0.4) is 0 Å². The molecule has 1 aromatic rings. The molecule has 1 heterocycles. The predicted molar refractivity (Wildman–Crippen MR) is 64.2 cm³/mol. The Kier molecular flexibility index (Phi) is 4.43. The summed E-state index contributed by atoms with van der Waals surface area (Å²) in [5, 5.41) is 13.0. The van der Waals surface area contributed by atoms with Gasteiger partial charge in [-0.1, -0.05) is 20.8 Å². The van der Waals surface area contributed by atoms with Gasteiger partial charge in [0, 0.05) is 12.1 Å². The molecule has 94 valence electrons. The molecule has 0 saturated carbocycles. The molecule has 0 aliphatic carbocycles. The van der Waals surface area contributed by atoms with Gasteiger partial charge in [0.05, 0.1) is 12.1 Å². The monoisotopic (exact) mass is 238 g/mol. The average molecular weight is 238 g/mol. The minimum atomic E-state index is -0.994. The quantitative estimate of drug-likeness (QED) is 0.841. The minimum absolute atomic E-state index is 0.172. The predicted octanol–water partition coefficient (Wildman–Crippen LogP) is 1.40. The number of carboxylic acid groups (broad SMARTS) is 1. The molecular formula is C12H18N2O3. The Morgan fingerprint density at radius 2 is 2.18 bits per heavy atom. The van der Waals surface area contributed by atoms with Gasteiger partial charge in [0.1, 0.15) is 0 Å². The van der Waals surface area contributed by atoms with E-state index < -0.39 is 5.97 Å². The van der Waals surface area contributed by atoms with Crippen LogP contribution in [0.4, 0.5) is 0 Å². The molecule has 0 fully saturated rings. The molecule has 0 bridgehead atoms. The molecule has 0 unspecified atom stereocenters. The van der Waals surface area contributed by atoms with E-state index in [2.05, 4.69) is 5.10 Å². The van der Waals surface area contributed by atoms with Crippen molar-refractivity contribution in [3.63, 3.8) is 0 Å². The van der Waals surface area contributed by atoms with E-state index in [1.54, 1.807) is 6.07 Å². The van der Waals surface area contributed by atoms with Gasteiger partial charge in [0.25, 0.3) is 5.56 Å². The molecule has 1 rings (SSSR count). The number of hydrogen-bond acceptors (Lipinski definition) is 3. The molecule has 1 aromatic heterocycles. The lowest BCUT2D eigenvalue weighted by atomic mass is 10.1. The van der Waals surface area contributed by atoms with Crippen LogP contribution in [0.25, 0.3) is 0 Å². The summed E-state index contributed by atoms with van der Waals surface area (Å²) in [5.74, 6) is -0.822. The molecule has 0 atom stereocenters. The molecule has 0 aliphatic heterocycles. The summed E-state index contributed by atoms with van der Waals surface area (Å²) in [6, 6.07) is 1.60. The summed E-state index contributed by atoms with van der Waals surface area (Å²) in [6.07, 6.45) is 0.547. The molecular weight excluding hydrogens is 220 g/mol. The number of hydrogen-bond donors (Lipinski definition) is 1. The summed E-state index contributed by atoms with van der Waals surface area (Å²) >= 11 is 0. The highest BCUT2D eigenvalue weighted by Crippen LogP contribution is 2.11. The van der Waals surface area contributed by atoms with Gasteiger partial charge in [-0.3, -0.25) is 9.59 Å². The maximum Gasteiger partial charge on any atom is 0.308 e.